The summed E-state index contributed by atoms with van der Waals surface area (Å²) < 4.78 is 33.3. The fraction of sp³-hybridized carbons (Fsp3) is 0.435. The summed E-state index contributed by atoms with van der Waals surface area (Å²) in [6.45, 7) is 5.35. The first-order chi connectivity index (χ1) is 14.0. The van der Waals surface area contributed by atoms with E-state index in [9.17, 15) is 8.78 Å². The van der Waals surface area contributed by atoms with Crippen molar-refractivity contribution in [3.63, 3.8) is 0 Å². The molecule has 0 aliphatic carbocycles. The first-order valence-corrected chi connectivity index (χ1v) is 10.1. The van der Waals surface area contributed by atoms with Gasteiger partial charge in [-0.1, -0.05) is 35.9 Å². The molecule has 1 saturated heterocycles. The molecule has 3 atom stereocenters. The molecule has 0 bridgehead atoms. The summed E-state index contributed by atoms with van der Waals surface area (Å²) in [7, 11) is 1.68. The van der Waals surface area contributed by atoms with Gasteiger partial charge in [-0.2, -0.15) is 0 Å². The van der Waals surface area contributed by atoms with E-state index in [2.05, 4.69) is 46.8 Å². The Hall–Kier alpha value is -1.74. The maximum Gasteiger partial charge on any atom is 0.191 e. The van der Waals surface area contributed by atoms with Gasteiger partial charge in [-0.15, -0.1) is 24.0 Å². The second-order valence-electron chi connectivity index (χ2n) is 7.59. The number of hydrogen-bond donors (Lipinski definition) is 2. The van der Waals surface area contributed by atoms with Crippen LogP contribution in [0.4, 0.5) is 8.78 Å². The summed E-state index contributed by atoms with van der Waals surface area (Å²) in [5.74, 6) is -0.265. The van der Waals surface area contributed by atoms with Gasteiger partial charge in [0.25, 0.3) is 0 Å². The Bertz CT molecular complexity index is 845. The lowest BCUT2D eigenvalue weighted by atomic mass is 9.89. The normalized spacial score (nSPS) is 20.2. The quantitative estimate of drug-likeness (QED) is 0.315. The molecule has 1 fully saturated rings. The lowest BCUT2D eigenvalue weighted by Crippen LogP contribution is -2.42. The number of guanidine groups is 1. The minimum Gasteiger partial charge on any atom is -0.373 e. The van der Waals surface area contributed by atoms with Crippen molar-refractivity contribution < 1.29 is 13.5 Å². The van der Waals surface area contributed by atoms with E-state index in [0.29, 0.717) is 24.0 Å². The number of aliphatic imine (C=N–C) groups is 1. The second-order valence-corrected chi connectivity index (χ2v) is 7.59. The SMILES string of the molecule is CN=C(NCC1CCCOC1c1ccc(C)cc1)NC(C)c1ccc(F)cc1F.I. The van der Waals surface area contributed by atoms with E-state index in [1.807, 2.05) is 6.92 Å². The molecule has 1 aliphatic rings. The Morgan fingerprint density at radius 2 is 1.93 bits per heavy atom. The van der Waals surface area contributed by atoms with Gasteiger partial charge in [0.05, 0.1) is 12.1 Å². The van der Waals surface area contributed by atoms with E-state index < -0.39 is 11.6 Å². The lowest BCUT2D eigenvalue weighted by Gasteiger charge is -2.33. The predicted molar refractivity (Wildman–Crippen MR) is 127 cm³/mol. The van der Waals surface area contributed by atoms with E-state index in [4.69, 9.17) is 4.74 Å². The number of aryl methyl sites for hydroxylation is 1. The smallest absolute Gasteiger partial charge is 0.191 e. The summed E-state index contributed by atoms with van der Waals surface area (Å²) >= 11 is 0. The maximum atomic E-state index is 14.0. The van der Waals surface area contributed by atoms with Crippen molar-refractivity contribution in [2.24, 2.45) is 10.9 Å². The molecule has 4 nitrogen and oxygen atoms in total. The molecule has 0 saturated carbocycles. The third kappa shape index (κ3) is 6.38. The van der Waals surface area contributed by atoms with Crippen LogP contribution in [0.15, 0.2) is 47.5 Å². The molecule has 0 spiro atoms. The van der Waals surface area contributed by atoms with Crippen LogP contribution in [0.2, 0.25) is 0 Å². The zero-order valence-corrected chi connectivity index (χ0v) is 20.0. The average Bonchev–Trinajstić information content (AvgIpc) is 2.71. The van der Waals surface area contributed by atoms with Crippen LogP contribution in [-0.2, 0) is 4.74 Å². The fourth-order valence-corrected chi connectivity index (χ4v) is 3.73. The molecule has 7 heteroatoms. The van der Waals surface area contributed by atoms with Crippen LogP contribution in [0.25, 0.3) is 0 Å². The summed E-state index contributed by atoms with van der Waals surface area (Å²) in [4.78, 5) is 4.25. The van der Waals surface area contributed by atoms with E-state index in [1.165, 1.54) is 23.3 Å². The standard InChI is InChI=1S/C23H29F2N3O.HI/c1-15-6-8-17(9-7-15)22-18(5-4-12-29-22)14-27-23(26-3)28-16(2)20-11-10-19(24)13-21(20)25;/h6-11,13,16,18,22H,4-5,12,14H2,1-3H3,(H2,26,27,28);1H. The molecule has 164 valence electrons. The highest BCUT2D eigenvalue weighted by Crippen LogP contribution is 2.33. The second kappa shape index (κ2) is 11.6. The van der Waals surface area contributed by atoms with Crippen LogP contribution < -0.4 is 10.6 Å². The third-order valence-corrected chi connectivity index (χ3v) is 5.39. The number of nitrogens with zero attached hydrogens (tertiary/aromatic N) is 1. The topological polar surface area (TPSA) is 45.7 Å². The summed E-state index contributed by atoms with van der Waals surface area (Å²) in [5, 5.41) is 6.52. The maximum absolute atomic E-state index is 14.0. The van der Waals surface area contributed by atoms with Gasteiger partial charge in [-0.3, -0.25) is 4.99 Å². The largest absolute Gasteiger partial charge is 0.373 e. The highest BCUT2D eigenvalue weighted by molar-refractivity contribution is 14.0. The minimum absolute atomic E-state index is 0. The van der Waals surface area contributed by atoms with Crippen LogP contribution in [0.5, 0.6) is 0 Å². The Morgan fingerprint density at radius 3 is 2.60 bits per heavy atom. The van der Waals surface area contributed by atoms with Crippen molar-refractivity contribution >= 4 is 29.9 Å². The molecule has 2 N–H and O–H groups in total. The van der Waals surface area contributed by atoms with E-state index in [-0.39, 0.29) is 36.1 Å². The number of benzene rings is 2. The molecule has 0 amide bonds. The summed E-state index contributed by atoms with van der Waals surface area (Å²) in [5.41, 5.74) is 2.81. The Balaban J connectivity index is 0.00000320. The number of halogens is 3. The van der Waals surface area contributed by atoms with Crippen molar-refractivity contribution in [2.75, 3.05) is 20.2 Å². The first kappa shape index (κ1) is 24.5. The van der Waals surface area contributed by atoms with Crippen molar-refractivity contribution in [3.05, 3.63) is 70.8 Å². The minimum atomic E-state index is -0.583. The predicted octanol–water partition coefficient (Wildman–Crippen LogP) is 5.29. The van der Waals surface area contributed by atoms with Gasteiger partial charge >= 0.3 is 0 Å². The fourth-order valence-electron chi connectivity index (χ4n) is 3.73. The monoisotopic (exact) mass is 529 g/mol. The number of nitrogens with one attached hydrogen (secondary N) is 2. The number of ether oxygens (including phenoxy) is 1. The van der Waals surface area contributed by atoms with Crippen molar-refractivity contribution in [1.82, 2.24) is 10.6 Å². The van der Waals surface area contributed by atoms with Gasteiger partial charge < -0.3 is 15.4 Å². The van der Waals surface area contributed by atoms with Crippen LogP contribution >= 0.6 is 24.0 Å². The van der Waals surface area contributed by atoms with E-state index in [1.54, 1.807) is 7.05 Å². The Labute approximate surface area is 194 Å². The molecule has 3 rings (SSSR count). The molecule has 2 aromatic carbocycles. The molecule has 0 radical (unpaired) electrons. The van der Waals surface area contributed by atoms with Crippen molar-refractivity contribution in [2.45, 2.75) is 38.8 Å². The molecular formula is C23H30F2IN3O. The van der Waals surface area contributed by atoms with Crippen LogP contribution in [0.3, 0.4) is 0 Å². The molecule has 1 aliphatic heterocycles. The summed E-state index contributed by atoms with van der Waals surface area (Å²) in [6.07, 6.45) is 2.13. The molecule has 1 heterocycles. The Kier molecular flexibility index (Phi) is 9.48. The van der Waals surface area contributed by atoms with E-state index in [0.717, 1.165) is 25.5 Å². The molecular weight excluding hydrogens is 499 g/mol. The van der Waals surface area contributed by atoms with Gasteiger partial charge in [0.1, 0.15) is 11.6 Å². The van der Waals surface area contributed by atoms with Crippen LogP contribution in [0, 0.1) is 24.5 Å². The van der Waals surface area contributed by atoms with Gasteiger partial charge in [-0.05, 0) is 38.3 Å². The van der Waals surface area contributed by atoms with Gasteiger partial charge in [-0.25, -0.2) is 8.78 Å². The lowest BCUT2D eigenvalue weighted by molar-refractivity contribution is -0.0265. The third-order valence-electron chi connectivity index (χ3n) is 5.39. The number of rotatable bonds is 5. The highest BCUT2D eigenvalue weighted by Gasteiger charge is 2.27. The zero-order chi connectivity index (χ0) is 20.8. The van der Waals surface area contributed by atoms with Gasteiger partial charge in [0.15, 0.2) is 5.96 Å². The number of hydrogen-bond acceptors (Lipinski definition) is 2. The highest BCUT2D eigenvalue weighted by atomic mass is 127. The van der Waals surface area contributed by atoms with Gasteiger partial charge in [0, 0.05) is 37.7 Å². The van der Waals surface area contributed by atoms with E-state index >= 15 is 0 Å². The van der Waals surface area contributed by atoms with Crippen molar-refractivity contribution in [3.8, 4) is 0 Å². The molecule has 2 aromatic rings. The van der Waals surface area contributed by atoms with Crippen LogP contribution in [0.1, 0.15) is 48.6 Å². The molecule has 3 unspecified atom stereocenters. The Morgan fingerprint density at radius 1 is 1.20 bits per heavy atom. The molecule has 0 aromatic heterocycles. The summed E-state index contributed by atoms with van der Waals surface area (Å²) in [6, 6.07) is 11.7. The van der Waals surface area contributed by atoms with Crippen molar-refractivity contribution in [1.29, 1.82) is 0 Å². The van der Waals surface area contributed by atoms with Crippen LogP contribution in [-0.4, -0.2) is 26.2 Å². The molecule has 30 heavy (non-hydrogen) atoms. The van der Waals surface area contributed by atoms with Gasteiger partial charge in [0.2, 0.25) is 0 Å². The average molecular weight is 529 g/mol. The first-order valence-electron chi connectivity index (χ1n) is 10.1. The zero-order valence-electron chi connectivity index (χ0n) is 17.6.